The number of carbonyl (C=O) groups excluding carboxylic acids is 1. The van der Waals surface area contributed by atoms with E-state index in [-0.39, 0.29) is 23.6 Å². The van der Waals surface area contributed by atoms with Crippen LogP contribution in [-0.4, -0.2) is 27.6 Å². The lowest BCUT2D eigenvalue weighted by Gasteiger charge is -2.14. The molecule has 0 spiro atoms. The van der Waals surface area contributed by atoms with Crippen molar-refractivity contribution in [3.05, 3.63) is 81.3 Å². The lowest BCUT2D eigenvalue weighted by molar-refractivity contribution is -0.141. The van der Waals surface area contributed by atoms with E-state index in [4.69, 9.17) is 4.74 Å². The highest BCUT2D eigenvalue weighted by atomic mass is 19.4. The molecule has 162 valence electrons. The summed E-state index contributed by atoms with van der Waals surface area (Å²) in [6, 6.07) is 9.21. The fourth-order valence-electron chi connectivity index (χ4n) is 3.02. The van der Waals surface area contributed by atoms with Crippen molar-refractivity contribution < 1.29 is 22.7 Å². The Bertz CT molecular complexity index is 1190. The van der Waals surface area contributed by atoms with Gasteiger partial charge in [0.1, 0.15) is 22.8 Å². The summed E-state index contributed by atoms with van der Waals surface area (Å²) in [6.07, 6.45) is -3.11. The number of aromatic nitrogens is 3. The summed E-state index contributed by atoms with van der Waals surface area (Å²) in [5.74, 6) is -0.516. The maximum Gasteiger partial charge on any atom is 0.433 e. The highest BCUT2D eigenvalue weighted by molar-refractivity contribution is 5.95. The predicted molar refractivity (Wildman–Crippen MR) is 106 cm³/mol. The molecule has 31 heavy (non-hydrogen) atoms. The Morgan fingerprint density at radius 3 is 2.55 bits per heavy atom. The van der Waals surface area contributed by atoms with Crippen LogP contribution in [0.5, 0.6) is 5.75 Å². The Morgan fingerprint density at radius 1 is 1.16 bits per heavy atom. The minimum atomic E-state index is -4.63. The number of methoxy groups -OCH3 is 1. The monoisotopic (exact) mass is 432 g/mol. The summed E-state index contributed by atoms with van der Waals surface area (Å²) in [5, 5.41) is 2.43. The van der Waals surface area contributed by atoms with Crippen molar-refractivity contribution >= 4 is 5.91 Å². The Labute approximate surface area is 175 Å². The van der Waals surface area contributed by atoms with Gasteiger partial charge in [-0.2, -0.15) is 13.2 Å². The molecular weight excluding hydrogens is 413 g/mol. The molecule has 7 nitrogen and oxygen atoms in total. The lowest BCUT2D eigenvalue weighted by Crippen LogP contribution is -2.33. The van der Waals surface area contributed by atoms with Crippen molar-refractivity contribution in [2.45, 2.75) is 26.6 Å². The van der Waals surface area contributed by atoms with Crippen LogP contribution >= 0.6 is 0 Å². The second kappa shape index (κ2) is 8.58. The fourth-order valence-corrected chi connectivity index (χ4v) is 3.02. The highest BCUT2D eigenvalue weighted by Gasteiger charge is 2.33. The molecule has 3 aromatic rings. The highest BCUT2D eigenvalue weighted by Crippen LogP contribution is 2.27. The standard InChI is InChI=1S/C21H19F3N4O3/c1-12-8-9-28(14-6-4-5-7-15(14)31-3)20(30)18(12)19(29)25-11-17-26-13(2)10-16(27-17)21(22,23)24/h4-10H,11H2,1-3H3,(H,25,29). The number of pyridine rings is 1. The topological polar surface area (TPSA) is 86.1 Å². The number of aryl methyl sites for hydroxylation is 2. The first kappa shape index (κ1) is 22.0. The smallest absolute Gasteiger partial charge is 0.433 e. The molecule has 0 aliphatic heterocycles. The third-order valence-electron chi connectivity index (χ3n) is 4.47. The van der Waals surface area contributed by atoms with Gasteiger partial charge in [0, 0.05) is 11.9 Å². The normalized spacial score (nSPS) is 11.3. The van der Waals surface area contributed by atoms with E-state index in [0.717, 1.165) is 6.07 Å². The Morgan fingerprint density at radius 2 is 1.87 bits per heavy atom. The van der Waals surface area contributed by atoms with E-state index in [0.29, 0.717) is 17.0 Å². The van der Waals surface area contributed by atoms with Gasteiger partial charge in [0.25, 0.3) is 11.5 Å². The first-order valence-corrected chi connectivity index (χ1v) is 9.17. The Balaban J connectivity index is 1.91. The summed E-state index contributed by atoms with van der Waals surface area (Å²) in [4.78, 5) is 33.1. The molecular formula is C21H19F3N4O3. The van der Waals surface area contributed by atoms with Gasteiger partial charge in [-0.3, -0.25) is 14.2 Å². The van der Waals surface area contributed by atoms with E-state index in [2.05, 4.69) is 15.3 Å². The van der Waals surface area contributed by atoms with E-state index in [1.54, 1.807) is 37.3 Å². The third-order valence-corrected chi connectivity index (χ3v) is 4.47. The van der Waals surface area contributed by atoms with E-state index in [1.165, 1.54) is 24.8 Å². The van der Waals surface area contributed by atoms with Crippen molar-refractivity contribution in [1.29, 1.82) is 0 Å². The van der Waals surface area contributed by atoms with E-state index < -0.39 is 23.3 Å². The molecule has 0 atom stereocenters. The predicted octanol–water partition coefficient (Wildman–Crippen LogP) is 3.20. The van der Waals surface area contributed by atoms with Crippen LogP contribution in [0, 0.1) is 13.8 Å². The largest absolute Gasteiger partial charge is 0.495 e. The zero-order valence-corrected chi connectivity index (χ0v) is 16.9. The van der Waals surface area contributed by atoms with E-state index in [9.17, 15) is 22.8 Å². The zero-order valence-electron chi connectivity index (χ0n) is 16.9. The van der Waals surface area contributed by atoms with Gasteiger partial charge < -0.3 is 10.1 Å². The van der Waals surface area contributed by atoms with Gasteiger partial charge in [-0.25, -0.2) is 9.97 Å². The summed E-state index contributed by atoms with van der Waals surface area (Å²) < 4.78 is 45.4. The number of nitrogens with one attached hydrogen (secondary N) is 1. The van der Waals surface area contributed by atoms with Crippen LogP contribution in [0.2, 0.25) is 0 Å². The summed E-state index contributed by atoms with van der Waals surface area (Å²) in [6.45, 7) is 2.62. The molecule has 0 unspecified atom stereocenters. The number of ether oxygens (including phenoxy) is 1. The van der Waals surface area contributed by atoms with Crippen molar-refractivity contribution in [2.75, 3.05) is 7.11 Å². The number of carbonyl (C=O) groups is 1. The number of para-hydroxylation sites is 2. The van der Waals surface area contributed by atoms with Gasteiger partial charge in [0.05, 0.1) is 19.3 Å². The number of benzene rings is 1. The maximum atomic E-state index is 13.0. The zero-order chi connectivity index (χ0) is 22.8. The molecule has 0 bridgehead atoms. The molecule has 1 aromatic carbocycles. The molecule has 0 radical (unpaired) electrons. The van der Waals surface area contributed by atoms with Crippen LogP contribution in [0.1, 0.15) is 33.1 Å². The number of alkyl halides is 3. The number of rotatable bonds is 5. The van der Waals surface area contributed by atoms with Crippen molar-refractivity contribution in [3.8, 4) is 11.4 Å². The summed E-state index contributed by atoms with van der Waals surface area (Å²) >= 11 is 0. The lowest BCUT2D eigenvalue weighted by atomic mass is 10.1. The van der Waals surface area contributed by atoms with Crippen LogP contribution in [0.25, 0.3) is 5.69 Å². The Kier molecular flexibility index (Phi) is 6.09. The molecule has 0 saturated carbocycles. The average molecular weight is 432 g/mol. The second-order valence-electron chi connectivity index (χ2n) is 6.71. The molecule has 10 heteroatoms. The van der Waals surface area contributed by atoms with Gasteiger partial charge in [-0.1, -0.05) is 12.1 Å². The summed E-state index contributed by atoms with van der Waals surface area (Å²) in [7, 11) is 1.46. The molecule has 1 N–H and O–H groups in total. The molecule has 0 aliphatic carbocycles. The molecule has 2 aromatic heterocycles. The van der Waals surface area contributed by atoms with Gasteiger partial charge >= 0.3 is 6.18 Å². The number of amides is 1. The van der Waals surface area contributed by atoms with Crippen molar-refractivity contribution in [3.63, 3.8) is 0 Å². The van der Waals surface area contributed by atoms with E-state index >= 15 is 0 Å². The summed E-state index contributed by atoms with van der Waals surface area (Å²) in [5.41, 5.74) is -0.865. The van der Waals surface area contributed by atoms with Gasteiger partial charge in [0.15, 0.2) is 0 Å². The SMILES string of the molecule is COc1ccccc1-n1ccc(C)c(C(=O)NCc2nc(C)cc(C(F)(F)F)n2)c1=O. The third kappa shape index (κ3) is 4.73. The maximum absolute atomic E-state index is 13.0. The minimum absolute atomic E-state index is 0.112. The number of hydrogen-bond donors (Lipinski definition) is 1. The minimum Gasteiger partial charge on any atom is -0.495 e. The van der Waals surface area contributed by atoms with Crippen molar-refractivity contribution in [1.82, 2.24) is 19.9 Å². The molecule has 3 rings (SSSR count). The number of halogens is 3. The quantitative estimate of drug-likeness (QED) is 0.669. The van der Waals surface area contributed by atoms with Crippen molar-refractivity contribution in [2.24, 2.45) is 0 Å². The second-order valence-corrected chi connectivity index (χ2v) is 6.71. The molecule has 0 saturated heterocycles. The fraction of sp³-hybridized carbons (Fsp3) is 0.238. The van der Waals surface area contributed by atoms with E-state index in [1.807, 2.05) is 0 Å². The first-order valence-electron chi connectivity index (χ1n) is 9.17. The van der Waals surface area contributed by atoms with Crippen LogP contribution in [0.3, 0.4) is 0 Å². The molecule has 0 aliphatic rings. The van der Waals surface area contributed by atoms with Gasteiger partial charge in [-0.15, -0.1) is 0 Å². The molecule has 0 fully saturated rings. The molecule has 2 heterocycles. The van der Waals surface area contributed by atoms with Crippen LogP contribution in [0.15, 0.2) is 47.4 Å². The number of nitrogens with zero attached hydrogens (tertiary/aromatic N) is 3. The first-order chi connectivity index (χ1) is 14.6. The van der Waals surface area contributed by atoms with Crippen LogP contribution in [0.4, 0.5) is 13.2 Å². The molecule has 1 amide bonds. The van der Waals surface area contributed by atoms with Gasteiger partial charge in [-0.05, 0) is 43.7 Å². The van der Waals surface area contributed by atoms with Crippen LogP contribution in [-0.2, 0) is 12.7 Å². The number of hydrogen-bond acceptors (Lipinski definition) is 5. The Hall–Kier alpha value is -3.69. The van der Waals surface area contributed by atoms with Crippen LogP contribution < -0.4 is 15.6 Å². The van der Waals surface area contributed by atoms with Gasteiger partial charge in [0.2, 0.25) is 0 Å². The average Bonchev–Trinajstić information content (AvgIpc) is 2.71.